The van der Waals surface area contributed by atoms with Crippen LogP contribution in [0.1, 0.15) is 12.8 Å². The van der Waals surface area contributed by atoms with Gasteiger partial charge in [-0.2, -0.15) is 0 Å². The number of ether oxygens (including phenoxy) is 1. The van der Waals surface area contributed by atoms with Gasteiger partial charge in [-0.15, -0.1) is 0 Å². The van der Waals surface area contributed by atoms with Crippen LogP contribution in [0.3, 0.4) is 0 Å². The lowest BCUT2D eigenvalue weighted by molar-refractivity contribution is -0.137. The molecule has 0 aliphatic heterocycles. The van der Waals surface area contributed by atoms with E-state index in [0.717, 1.165) is 18.9 Å². The minimum Gasteiger partial charge on any atom is -0.463 e. The van der Waals surface area contributed by atoms with Crippen molar-refractivity contribution in [3.8, 4) is 0 Å². The molecule has 0 aliphatic carbocycles. The Morgan fingerprint density at radius 3 is 2.75 bits per heavy atom. The first kappa shape index (κ1) is 11.4. The number of hydrogen-bond donors (Lipinski definition) is 0. The van der Waals surface area contributed by atoms with E-state index >= 15 is 0 Å². The van der Waals surface area contributed by atoms with Gasteiger partial charge in [-0.05, 0) is 12.8 Å². The van der Waals surface area contributed by atoms with Gasteiger partial charge in [0.05, 0.1) is 6.61 Å². The largest absolute Gasteiger partial charge is 0.463 e. The number of esters is 1. The molecule has 0 N–H and O–H groups in total. The minimum absolute atomic E-state index is 0.391. The Labute approximate surface area is 75.3 Å². The van der Waals surface area contributed by atoms with Crippen molar-refractivity contribution in [1.29, 1.82) is 0 Å². The number of unbranched alkanes of at least 4 members (excludes halogenated alkanes) is 1. The van der Waals surface area contributed by atoms with E-state index in [4.69, 9.17) is 4.74 Å². The van der Waals surface area contributed by atoms with Crippen LogP contribution in [0.25, 0.3) is 0 Å². The first-order valence-electron chi connectivity index (χ1n) is 3.76. The van der Waals surface area contributed by atoms with Crippen LogP contribution in [-0.2, 0) is 20.3 Å². The fraction of sp³-hybridized carbons (Fsp3) is 0.625. The summed E-state index contributed by atoms with van der Waals surface area (Å²) in [7, 11) is -0.742. The molecule has 0 bridgehead atoms. The Bertz CT molecular complexity index is 177. The van der Waals surface area contributed by atoms with Gasteiger partial charge in [0.25, 0.3) is 0 Å². The summed E-state index contributed by atoms with van der Waals surface area (Å²) in [5, 5.41) is 0. The lowest BCUT2D eigenvalue weighted by atomic mass is 10.4. The highest BCUT2D eigenvalue weighted by Crippen LogP contribution is 1.92. The molecule has 12 heavy (non-hydrogen) atoms. The molecule has 0 aromatic rings. The molecule has 0 saturated carbocycles. The van der Waals surface area contributed by atoms with E-state index in [-0.39, 0.29) is 0 Å². The van der Waals surface area contributed by atoms with Gasteiger partial charge >= 0.3 is 5.97 Å². The van der Waals surface area contributed by atoms with E-state index < -0.39 is 16.8 Å². The van der Waals surface area contributed by atoms with Crippen molar-refractivity contribution in [1.82, 2.24) is 0 Å². The highest BCUT2D eigenvalue weighted by atomic mass is 32.2. The molecular formula is C8H14O3S. The zero-order valence-corrected chi connectivity index (χ0v) is 8.06. The molecule has 3 nitrogen and oxygen atoms in total. The van der Waals surface area contributed by atoms with Crippen molar-refractivity contribution >= 4 is 16.8 Å². The van der Waals surface area contributed by atoms with Gasteiger partial charge in [0.15, 0.2) is 0 Å². The predicted molar refractivity (Wildman–Crippen MR) is 49.3 cm³/mol. The van der Waals surface area contributed by atoms with Crippen LogP contribution in [0.4, 0.5) is 0 Å². The number of carbonyl (C=O) groups is 1. The van der Waals surface area contributed by atoms with E-state index in [9.17, 15) is 9.00 Å². The van der Waals surface area contributed by atoms with E-state index in [1.54, 1.807) is 6.26 Å². The molecule has 4 heteroatoms. The molecule has 0 aromatic carbocycles. The molecular weight excluding hydrogens is 176 g/mol. The molecule has 0 saturated heterocycles. The van der Waals surface area contributed by atoms with Gasteiger partial charge in [0.1, 0.15) is 0 Å². The highest BCUT2D eigenvalue weighted by Gasteiger charge is 1.95. The maximum atomic E-state index is 10.6. The third-order valence-electron chi connectivity index (χ3n) is 1.24. The van der Waals surface area contributed by atoms with Crippen LogP contribution >= 0.6 is 0 Å². The van der Waals surface area contributed by atoms with Crippen molar-refractivity contribution in [2.24, 2.45) is 0 Å². The first-order chi connectivity index (χ1) is 5.66. The first-order valence-corrected chi connectivity index (χ1v) is 5.48. The predicted octanol–water partition coefficient (Wildman–Crippen LogP) is 0.874. The summed E-state index contributed by atoms with van der Waals surface area (Å²) in [6, 6.07) is 0. The summed E-state index contributed by atoms with van der Waals surface area (Å²) in [6.07, 6.45) is 4.39. The third kappa shape index (κ3) is 7.47. The van der Waals surface area contributed by atoms with Crippen molar-refractivity contribution < 1.29 is 13.7 Å². The summed E-state index contributed by atoms with van der Waals surface area (Å²) < 4.78 is 15.3. The maximum absolute atomic E-state index is 10.6. The van der Waals surface area contributed by atoms with Gasteiger partial charge in [0, 0.05) is 28.9 Å². The zero-order chi connectivity index (χ0) is 9.40. The molecule has 70 valence electrons. The monoisotopic (exact) mass is 190 g/mol. The molecule has 1 unspecified atom stereocenters. The number of carbonyl (C=O) groups excluding carboxylic acids is 1. The summed E-state index contributed by atoms with van der Waals surface area (Å²) in [6.45, 7) is 3.66. The van der Waals surface area contributed by atoms with Crippen LogP contribution in [0.2, 0.25) is 0 Å². The second kappa shape index (κ2) is 7.03. The minimum atomic E-state index is -0.742. The quantitative estimate of drug-likeness (QED) is 0.354. The molecule has 0 spiro atoms. The Balaban J connectivity index is 3.16. The number of hydrogen-bond acceptors (Lipinski definition) is 3. The van der Waals surface area contributed by atoms with Crippen LogP contribution in [-0.4, -0.2) is 28.8 Å². The number of rotatable bonds is 6. The topological polar surface area (TPSA) is 43.4 Å². The maximum Gasteiger partial charge on any atom is 0.330 e. The van der Waals surface area contributed by atoms with Crippen molar-refractivity contribution in [3.63, 3.8) is 0 Å². The van der Waals surface area contributed by atoms with Crippen molar-refractivity contribution in [2.45, 2.75) is 12.8 Å². The van der Waals surface area contributed by atoms with Crippen LogP contribution < -0.4 is 0 Å². The second-order valence-corrected chi connectivity index (χ2v) is 3.91. The molecule has 0 aliphatic rings. The molecule has 0 heterocycles. The van der Waals surface area contributed by atoms with E-state index in [1.807, 2.05) is 0 Å². The Morgan fingerprint density at radius 1 is 1.58 bits per heavy atom. The smallest absolute Gasteiger partial charge is 0.330 e. The van der Waals surface area contributed by atoms with Gasteiger partial charge in [0.2, 0.25) is 0 Å². The lowest BCUT2D eigenvalue weighted by Gasteiger charge is -2.00. The molecule has 0 rings (SSSR count). The highest BCUT2D eigenvalue weighted by molar-refractivity contribution is 7.84. The van der Waals surface area contributed by atoms with Crippen LogP contribution in [0, 0.1) is 0 Å². The molecule has 0 fully saturated rings. The van der Waals surface area contributed by atoms with Gasteiger partial charge < -0.3 is 4.74 Å². The average Bonchev–Trinajstić information content (AvgIpc) is 2.03. The standard InChI is InChI=1S/C8H14O3S/c1-3-8(9)11-6-4-5-7-12(2)10/h3H,1,4-7H2,2H3. The van der Waals surface area contributed by atoms with E-state index in [0.29, 0.717) is 12.4 Å². The average molecular weight is 190 g/mol. The molecule has 0 aromatic heterocycles. The normalized spacial score (nSPS) is 12.1. The van der Waals surface area contributed by atoms with Crippen LogP contribution in [0.15, 0.2) is 12.7 Å². The SMILES string of the molecule is C=CC(=O)OCCCCS(C)=O. The second-order valence-electron chi connectivity index (χ2n) is 2.36. The van der Waals surface area contributed by atoms with Gasteiger partial charge in [-0.25, -0.2) is 4.79 Å². The van der Waals surface area contributed by atoms with Gasteiger partial charge in [-0.1, -0.05) is 6.58 Å². The molecule has 1 atom stereocenters. The van der Waals surface area contributed by atoms with Crippen molar-refractivity contribution in [3.05, 3.63) is 12.7 Å². The van der Waals surface area contributed by atoms with Gasteiger partial charge in [-0.3, -0.25) is 4.21 Å². The summed E-state index contributed by atoms with van der Waals surface area (Å²) >= 11 is 0. The fourth-order valence-electron chi connectivity index (χ4n) is 0.639. The summed E-state index contributed by atoms with van der Waals surface area (Å²) in [5.41, 5.74) is 0. The Morgan fingerprint density at radius 2 is 2.25 bits per heavy atom. The summed E-state index contributed by atoms with van der Waals surface area (Å²) in [5.74, 6) is 0.277. The fourth-order valence-corrected chi connectivity index (χ4v) is 1.25. The third-order valence-corrected chi connectivity index (χ3v) is 2.10. The van der Waals surface area contributed by atoms with E-state index in [2.05, 4.69) is 6.58 Å². The van der Waals surface area contributed by atoms with E-state index in [1.165, 1.54) is 0 Å². The molecule has 0 radical (unpaired) electrons. The van der Waals surface area contributed by atoms with Crippen molar-refractivity contribution in [2.75, 3.05) is 18.6 Å². The zero-order valence-electron chi connectivity index (χ0n) is 7.25. The van der Waals surface area contributed by atoms with Crippen LogP contribution in [0.5, 0.6) is 0 Å². The lowest BCUT2D eigenvalue weighted by Crippen LogP contribution is -2.03. The Kier molecular flexibility index (Phi) is 6.66. The molecule has 0 amide bonds. The summed E-state index contributed by atoms with van der Waals surface area (Å²) in [4.78, 5) is 10.5. The Hall–Kier alpha value is -0.640.